The van der Waals surface area contributed by atoms with E-state index in [4.69, 9.17) is 9.47 Å². The second kappa shape index (κ2) is 18.5. The number of alkyl halides is 1. The number of fused-ring (bicyclic) bond motifs is 2. The summed E-state index contributed by atoms with van der Waals surface area (Å²) < 4.78 is 61.8. The Bertz CT molecular complexity index is 2120. The number of rotatable bonds is 15. The van der Waals surface area contributed by atoms with E-state index in [-0.39, 0.29) is 10.8 Å². The summed E-state index contributed by atoms with van der Waals surface area (Å²) in [7, 11) is -6.45. The molecule has 0 aromatic heterocycles. The molecule has 0 spiro atoms. The fourth-order valence-corrected chi connectivity index (χ4v) is 10.2. The quantitative estimate of drug-likeness (QED) is 0.0836. The van der Waals surface area contributed by atoms with Gasteiger partial charge in [-0.15, -0.1) is 0 Å². The van der Waals surface area contributed by atoms with Crippen molar-refractivity contribution < 1.29 is 26.3 Å². The third-order valence-electron chi connectivity index (χ3n) is 12.0. The Morgan fingerprint density at radius 3 is 1.53 bits per heavy atom. The van der Waals surface area contributed by atoms with Gasteiger partial charge in [0.2, 0.25) is 20.0 Å². The lowest BCUT2D eigenvalue weighted by Gasteiger charge is -2.24. The highest BCUT2D eigenvalue weighted by atomic mass is 79.9. The predicted molar refractivity (Wildman–Crippen MR) is 235 cm³/mol. The number of anilines is 2. The van der Waals surface area contributed by atoms with Crippen LogP contribution in [-0.2, 0) is 30.9 Å². The lowest BCUT2D eigenvalue weighted by atomic mass is 9.92. The Balaban J connectivity index is 0.000000161. The fraction of sp³-hybridized carbons (Fsp3) is 0.455. The molecule has 0 bridgehead atoms. The first-order chi connectivity index (χ1) is 27.2. The van der Waals surface area contributed by atoms with Gasteiger partial charge in [0.15, 0.2) is 0 Å². The Labute approximate surface area is 348 Å². The largest absolute Gasteiger partial charge is 0.494 e. The molecule has 308 valence electrons. The second-order valence-electron chi connectivity index (χ2n) is 16.0. The minimum atomic E-state index is -3.25. The molecule has 2 aliphatic carbocycles. The molecule has 10 nitrogen and oxygen atoms in total. The molecule has 4 atom stereocenters. The molecule has 4 fully saturated rings. The number of hydrogen-bond donors (Lipinski definition) is 3. The van der Waals surface area contributed by atoms with E-state index in [9.17, 15) is 16.8 Å². The van der Waals surface area contributed by atoms with Crippen LogP contribution in [0.4, 0.5) is 11.4 Å². The van der Waals surface area contributed by atoms with Gasteiger partial charge in [-0.3, -0.25) is 9.44 Å². The normalized spacial score (nSPS) is 25.7. The van der Waals surface area contributed by atoms with Crippen LogP contribution in [-0.4, -0.2) is 85.5 Å². The van der Waals surface area contributed by atoms with Gasteiger partial charge in [-0.1, -0.05) is 90.4 Å². The van der Waals surface area contributed by atoms with Crippen molar-refractivity contribution >= 4 is 47.4 Å². The predicted octanol–water partition coefficient (Wildman–Crippen LogP) is 7.36. The minimum Gasteiger partial charge on any atom is -0.494 e. The summed E-state index contributed by atoms with van der Waals surface area (Å²) in [6.07, 6.45) is 4.44. The molecule has 3 N–H and O–H groups in total. The molecule has 0 radical (unpaired) electrons. The van der Waals surface area contributed by atoms with E-state index < -0.39 is 20.0 Å². The first-order valence-electron chi connectivity index (χ1n) is 19.7. The monoisotopic (exact) mass is 880 g/mol. The summed E-state index contributed by atoms with van der Waals surface area (Å²) in [4.78, 5) is 2.53. The SMILES string of the molecule is BrCCCOc1ccccc1.CC1(c2cccc(NS(C)(=O)=O)c2)C2CN(CCCOc3ccccc3)CC21.CC1(c2cccc(NS(C)(=O)=O)c2)C2CNCC21. The van der Waals surface area contributed by atoms with E-state index in [0.29, 0.717) is 35.0 Å². The average molecular weight is 882 g/mol. The van der Waals surface area contributed by atoms with Gasteiger partial charge in [0.25, 0.3) is 0 Å². The summed E-state index contributed by atoms with van der Waals surface area (Å²) in [5.41, 5.74) is 4.18. The summed E-state index contributed by atoms with van der Waals surface area (Å²) in [5, 5.41) is 4.39. The van der Waals surface area contributed by atoms with Crippen molar-refractivity contribution in [1.29, 1.82) is 0 Å². The lowest BCUT2D eigenvalue weighted by Crippen LogP contribution is -2.30. The van der Waals surface area contributed by atoms with E-state index >= 15 is 0 Å². The van der Waals surface area contributed by atoms with E-state index in [2.05, 4.69) is 61.6 Å². The van der Waals surface area contributed by atoms with E-state index in [0.717, 1.165) is 75.6 Å². The van der Waals surface area contributed by atoms with Crippen LogP contribution in [0.15, 0.2) is 109 Å². The molecule has 57 heavy (non-hydrogen) atoms. The standard InChI is InChI=1S/C22H28N2O3S.C13H18N2O2S.C9H11BrO/c1-22(17-8-6-9-18(14-17)23-28(2,25)26)20-15-24(16-21(20)22)12-7-13-27-19-10-4-3-5-11-19;1-13(11-7-14-8-12(11)13)9-4-3-5-10(6-9)15-18(2,16)17;10-7-4-8-11-9-5-2-1-3-6-9/h3-6,8-11,14,20-21,23H,7,12-13,15-16H2,1-2H3;3-6,11-12,14-15H,7-8H2,1-2H3;1-3,5-6H,4,7-8H2. The maximum absolute atomic E-state index is 11.5. The topological polar surface area (TPSA) is 126 Å². The molecule has 4 aromatic carbocycles. The zero-order chi connectivity index (χ0) is 40.7. The maximum Gasteiger partial charge on any atom is 0.229 e. The smallest absolute Gasteiger partial charge is 0.229 e. The third kappa shape index (κ3) is 11.3. The highest BCUT2D eigenvalue weighted by Crippen LogP contribution is 2.63. The maximum atomic E-state index is 11.5. The van der Waals surface area contributed by atoms with Crippen molar-refractivity contribution in [2.24, 2.45) is 23.7 Å². The van der Waals surface area contributed by atoms with Crippen LogP contribution in [0.5, 0.6) is 11.5 Å². The number of likely N-dealkylation sites (tertiary alicyclic amines) is 1. The molecule has 0 amide bonds. The van der Waals surface area contributed by atoms with Crippen molar-refractivity contribution in [2.75, 3.05) is 73.2 Å². The van der Waals surface area contributed by atoms with Crippen LogP contribution in [0.1, 0.15) is 37.8 Å². The summed E-state index contributed by atoms with van der Waals surface area (Å²) in [6, 6.07) is 35.5. The zero-order valence-corrected chi connectivity index (χ0v) is 36.6. The van der Waals surface area contributed by atoms with Gasteiger partial charge in [-0.05, 0) is 109 Å². The number of sulfonamides is 2. The number of piperidine rings is 2. The van der Waals surface area contributed by atoms with E-state index in [1.54, 1.807) is 6.07 Å². The van der Waals surface area contributed by atoms with E-state index in [1.165, 1.54) is 23.6 Å². The van der Waals surface area contributed by atoms with Gasteiger partial charge < -0.3 is 19.7 Å². The highest BCUT2D eigenvalue weighted by Gasteiger charge is 2.65. The average Bonchev–Trinajstić information content (AvgIpc) is 3.63. The number of halogens is 1. The molecule has 2 aliphatic heterocycles. The molecule has 2 saturated heterocycles. The molecule has 2 heterocycles. The van der Waals surface area contributed by atoms with Crippen molar-refractivity contribution in [2.45, 2.75) is 37.5 Å². The third-order valence-corrected chi connectivity index (χ3v) is 13.7. The van der Waals surface area contributed by atoms with Crippen LogP contribution in [0.2, 0.25) is 0 Å². The Kier molecular flexibility index (Phi) is 14.0. The van der Waals surface area contributed by atoms with Gasteiger partial charge >= 0.3 is 0 Å². The fourth-order valence-electron chi connectivity index (χ4n) is 8.82. The van der Waals surface area contributed by atoms with Crippen LogP contribution < -0.4 is 24.2 Å². The van der Waals surface area contributed by atoms with Crippen LogP contribution in [0, 0.1) is 23.7 Å². The molecular weight excluding hydrogens is 825 g/mol. The summed E-state index contributed by atoms with van der Waals surface area (Å²) in [6.45, 7) is 11.6. The second-order valence-corrected chi connectivity index (χ2v) is 20.3. The lowest BCUT2D eigenvalue weighted by molar-refractivity contribution is 0.237. The first kappa shape index (κ1) is 43.0. The van der Waals surface area contributed by atoms with Crippen LogP contribution >= 0.6 is 15.9 Å². The molecule has 4 unspecified atom stereocenters. The number of para-hydroxylation sites is 2. The molecule has 2 saturated carbocycles. The molecule has 8 rings (SSSR count). The van der Waals surface area contributed by atoms with Crippen molar-refractivity contribution in [1.82, 2.24) is 10.2 Å². The zero-order valence-electron chi connectivity index (χ0n) is 33.4. The van der Waals surface area contributed by atoms with Gasteiger partial charge in [-0.25, -0.2) is 16.8 Å². The van der Waals surface area contributed by atoms with E-state index in [1.807, 2.05) is 91.0 Å². The van der Waals surface area contributed by atoms with Crippen molar-refractivity contribution in [3.05, 3.63) is 120 Å². The summed E-state index contributed by atoms with van der Waals surface area (Å²) in [5.74, 6) is 4.58. The Morgan fingerprint density at radius 2 is 1.09 bits per heavy atom. The highest BCUT2D eigenvalue weighted by molar-refractivity contribution is 9.09. The Morgan fingerprint density at radius 1 is 0.649 bits per heavy atom. The van der Waals surface area contributed by atoms with Gasteiger partial charge in [0, 0.05) is 47.2 Å². The van der Waals surface area contributed by atoms with Crippen molar-refractivity contribution in [3.63, 3.8) is 0 Å². The molecule has 13 heteroatoms. The van der Waals surface area contributed by atoms with Gasteiger partial charge in [-0.2, -0.15) is 0 Å². The van der Waals surface area contributed by atoms with Crippen LogP contribution in [0.3, 0.4) is 0 Å². The minimum absolute atomic E-state index is 0.159. The Hall–Kier alpha value is -3.62. The molecular formula is C44H57BrN4O6S2. The number of nitrogens with one attached hydrogen (secondary N) is 3. The van der Waals surface area contributed by atoms with Crippen molar-refractivity contribution in [3.8, 4) is 11.5 Å². The number of nitrogens with zero attached hydrogens (tertiary/aromatic N) is 1. The molecule has 4 aromatic rings. The number of ether oxygens (including phenoxy) is 2. The molecule has 4 aliphatic rings. The number of benzene rings is 4. The van der Waals surface area contributed by atoms with Gasteiger partial charge in [0.05, 0.1) is 25.7 Å². The van der Waals surface area contributed by atoms with Gasteiger partial charge in [0.1, 0.15) is 11.5 Å². The summed E-state index contributed by atoms with van der Waals surface area (Å²) >= 11 is 3.34. The first-order valence-corrected chi connectivity index (χ1v) is 24.6. The number of hydrogen-bond acceptors (Lipinski definition) is 8. The van der Waals surface area contributed by atoms with Crippen LogP contribution in [0.25, 0.3) is 0 Å².